The maximum absolute atomic E-state index is 3.91. The Balaban J connectivity index is 0.00000128. The van der Waals surface area contributed by atoms with Gasteiger partial charge in [0, 0.05) is 12.3 Å². The van der Waals surface area contributed by atoms with E-state index in [1.54, 1.807) is 11.8 Å². The molecule has 0 fully saturated rings. The van der Waals surface area contributed by atoms with E-state index in [0.29, 0.717) is 16.2 Å². The first-order valence-corrected chi connectivity index (χ1v) is 4.33. The third-order valence-corrected chi connectivity index (χ3v) is 1.84. The second kappa shape index (κ2) is 3.90. The summed E-state index contributed by atoms with van der Waals surface area (Å²) in [5.74, 6) is 1.07. The normalized spacial score (nSPS) is 11.2. The van der Waals surface area contributed by atoms with Gasteiger partial charge in [0.15, 0.2) is 0 Å². The lowest BCUT2D eigenvalue weighted by molar-refractivity contribution is 0.223. The molecule has 2 aromatic rings. The summed E-state index contributed by atoms with van der Waals surface area (Å²) < 4.78 is 1.97. The zero-order valence-corrected chi connectivity index (χ0v) is 9.47. The van der Waals surface area contributed by atoms with Gasteiger partial charge in [0.1, 0.15) is 0 Å². The first-order chi connectivity index (χ1) is 7.00. The molecule has 0 amide bonds. The van der Waals surface area contributed by atoms with Crippen LogP contribution < -0.4 is 4.59 Å². The van der Waals surface area contributed by atoms with Crippen molar-refractivity contribution >= 4 is 0 Å². The molecule has 0 atom stereocenters. The van der Waals surface area contributed by atoms with Gasteiger partial charge in [-0.2, -0.15) is 0 Å². The van der Waals surface area contributed by atoms with Gasteiger partial charge in [-0.05, 0) is 15.6 Å². The van der Waals surface area contributed by atoms with E-state index in [0.717, 1.165) is 0 Å². The molecule has 0 aliphatic heterocycles. The molecular weight excluding hydrogens is 214 g/mol. The minimum atomic E-state index is 0. The number of aromatic nitrogens is 8. The van der Waals surface area contributed by atoms with Crippen LogP contribution in [0.25, 0.3) is 11.6 Å². The zero-order chi connectivity index (χ0) is 11.1. The maximum Gasteiger partial charge on any atom is 0.275 e. The predicted molar refractivity (Wildman–Crippen MR) is 52.8 cm³/mol. The summed E-state index contributed by atoms with van der Waals surface area (Å²) in [5.41, 5.74) is 0. The molecule has 10 nitrogen and oxygen atoms in total. The lowest BCUT2D eigenvalue weighted by atomic mass is 10.6. The Morgan fingerprint density at radius 3 is 2.00 bits per heavy atom. The van der Waals surface area contributed by atoms with Crippen molar-refractivity contribution in [3.8, 4) is 11.6 Å². The van der Waals surface area contributed by atoms with Crippen LogP contribution in [0.4, 0.5) is 0 Å². The van der Waals surface area contributed by atoms with Crippen LogP contribution in [0.2, 0.25) is 0 Å². The quantitative estimate of drug-likeness (QED) is 0.545. The molecule has 0 radical (unpaired) electrons. The van der Waals surface area contributed by atoms with Crippen LogP contribution >= 0.6 is 0 Å². The van der Waals surface area contributed by atoms with Gasteiger partial charge in [-0.15, -0.1) is 5.10 Å². The number of tetrazole rings is 2. The van der Waals surface area contributed by atoms with Gasteiger partial charge in [0.25, 0.3) is 5.82 Å². The first kappa shape index (κ1) is 12.1. The van der Waals surface area contributed by atoms with Gasteiger partial charge in [-0.3, -0.25) is 0 Å². The molecule has 1 N–H and O–H groups in total. The van der Waals surface area contributed by atoms with Gasteiger partial charge >= 0.3 is 0 Å². The predicted octanol–water partition coefficient (Wildman–Crippen LogP) is -1.98. The number of quaternary nitrogens is 1. The molecule has 0 aliphatic carbocycles. The largest absolute Gasteiger partial charge is 0.870 e. The topological polar surface area (TPSA) is 117 Å². The van der Waals surface area contributed by atoms with Crippen LogP contribution in [0.1, 0.15) is 0 Å². The van der Waals surface area contributed by atoms with Gasteiger partial charge in [-0.1, -0.05) is 9.89 Å². The van der Waals surface area contributed by atoms with Gasteiger partial charge in [-0.25, -0.2) is 9.27 Å². The second-order valence-electron chi connectivity index (χ2n) is 3.96. The molecule has 0 aliphatic rings. The van der Waals surface area contributed by atoms with Crippen molar-refractivity contribution in [1.29, 1.82) is 0 Å². The molecule has 0 saturated carbocycles. The average Bonchev–Trinajstić information content (AvgIpc) is 2.69. The Morgan fingerprint density at radius 1 is 0.938 bits per heavy atom. The maximum atomic E-state index is 3.91. The minimum absolute atomic E-state index is 0. The molecule has 0 spiro atoms. The van der Waals surface area contributed by atoms with E-state index in [-0.39, 0.29) is 5.48 Å². The van der Waals surface area contributed by atoms with Crippen molar-refractivity contribution in [2.24, 2.45) is 7.05 Å². The van der Waals surface area contributed by atoms with Crippen LogP contribution in [-0.4, -0.2) is 67.1 Å². The van der Waals surface area contributed by atoms with Crippen LogP contribution in [0, 0.1) is 0 Å². The molecule has 2 rings (SSSR count). The van der Waals surface area contributed by atoms with Crippen molar-refractivity contribution in [3.63, 3.8) is 0 Å². The van der Waals surface area contributed by atoms with Gasteiger partial charge in [0.05, 0.1) is 21.1 Å². The molecular formula is C6H13N9O. The zero-order valence-electron chi connectivity index (χ0n) is 9.47. The highest BCUT2D eigenvalue weighted by molar-refractivity contribution is 5.40. The van der Waals surface area contributed by atoms with Gasteiger partial charge in [0.2, 0.25) is 5.82 Å². The summed E-state index contributed by atoms with van der Waals surface area (Å²) in [7, 11) is 7.58. The summed E-state index contributed by atoms with van der Waals surface area (Å²) in [6, 6.07) is 0. The molecule has 0 saturated heterocycles. The Morgan fingerprint density at radius 2 is 1.50 bits per heavy atom. The number of nitrogens with zero attached hydrogens (tertiary/aromatic N) is 9. The molecule has 2 heterocycles. The lowest BCUT2D eigenvalue weighted by Gasteiger charge is -2.21. The summed E-state index contributed by atoms with van der Waals surface area (Å²) in [6.45, 7) is 0. The van der Waals surface area contributed by atoms with Crippen LogP contribution in [-0.2, 0) is 7.05 Å². The number of hydrogen-bond donors (Lipinski definition) is 0. The van der Waals surface area contributed by atoms with E-state index in [1.807, 2.05) is 21.1 Å². The summed E-state index contributed by atoms with van der Waals surface area (Å²) in [6.07, 6.45) is 0. The second-order valence-corrected chi connectivity index (χ2v) is 3.96. The average molecular weight is 227 g/mol. The summed E-state index contributed by atoms with van der Waals surface area (Å²) in [4.78, 5) is 1.63. The number of rotatable bonds is 2. The highest BCUT2D eigenvalue weighted by Gasteiger charge is 2.23. The molecule has 0 aromatic carbocycles. The first-order valence-electron chi connectivity index (χ1n) is 4.33. The van der Waals surface area contributed by atoms with Crippen LogP contribution in [0.15, 0.2) is 0 Å². The standard InChI is InChI=1S/C6H12N9.H2O/c1-13-5(7-9-11-13)6-8-10-12-14(6)15(2,3)4;/h1-4H3;1H2/q+1;/p-1. The molecule has 10 heteroatoms. The SMILES string of the molecule is Cn1nnnc1-c1nnnn1[N+](C)(C)C.[OH-]. The van der Waals surface area contributed by atoms with Crippen molar-refractivity contribution in [2.45, 2.75) is 0 Å². The monoisotopic (exact) mass is 227 g/mol. The number of aryl methyl sites for hydroxylation is 1. The van der Waals surface area contributed by atoms with E-state index in [2.05, 4.69) is 31.1 Å². The van der Waals surface area contributed by atoms with Crippen molar-refractivity contribution in [1.82, 2.24) is 45.1 Å². The van der Waals surface area contributed by atoms with Crippen molar-refractivity contribution in [2.75, 3.05) is 21.1 Å². The fourth-order valence-electron chi connectivity index (χ4n) is 1.14. The Kier molecular flexibility index (Phi) is 2.96. The third-order valence-electron chi connectivity index (χ3n) is 1.84. The fraction of sp³-hybridized carbons (Fsp3) is 0.667. The Bertz CT molecular complexity index is 466. The summed E-state index contributed by atoms with van der Waals surface area (Å²) in [5, 5.41) is 22.6. The van der Waals surface area contributed by atoms with E-state index >= 15 is 0 Å². The van der Waals surface area contributed by atoms with E-state index in [1.165, 1.54) is 4.68 Å². The smallest absolute Gasteiger partial charge is 0.275 e. The third kappa shape index (κ3) is 1.87. The van der Waals surface area contributed by atoms with Gasteiger partial charge < -0.3 is 5.48 Å². The summed E-state index contributed by atoms with van der Waals surface area (Å²) >= 11 is 0. The van der Waals surface area contributed by atoms with Crippen LogP contribution in [0.5, 0.6) is 0 Å². The number of hydrogen-bond acceptors (Lipinski definition) is 7. The molecule has 16 heavy (non-hydrogen) atoms. The Hall–Kier alpha value is -1.94. The van der Waals surface area contributed by atoms with Crippen LogP contribution in [0.3, 0.4) is 0 Å². The highest BCUT2D eigenvalue weighted by atomic mass is 16.0. The Labute approximate surface area is 91.3 Å². The van der Waals surface area contributed by atoms with E-state index in [4.69, 9.17) is 0 Å². The molecule has 0 bridgehead atoms. The highest BCUT2D eigenvalue weighted by Crippen LogP contribution is 2.10. The minimum Gasteiger partial charge on any atom is -0.870 e. The molecule has 2 aromatic heterocycles. The van der Waals surface area contributed by atoms with E-state index < -0.39 is 0 Å². The molecule has 0 unspecified atom stereocenters. The molecule has 88 valence electrons. The van der Waals surface area contributed by atoms with Crippen molar-refractivity contribution < 1.29 is 5.48 Å². The van der Waals surface area contributed by atoms with Crippen molar-refractivity contribution in [3.05, 3.63) is 0 Å². The lowest BCUT2D eigenvalue weighted by Crippen LogP contribution is -2.48. The fourth-order valence-corrected chi connectivity index (χ4v) is 1.14. The van der Waals surface area contributed by atoms with E-state index in [9.17, 15) is 0 Å².